The summed E-state index contributed by atoms with van der Waals surface area (Å²) in [6.07, 6.45) is 1.11. The van der Waals surface area contributed by atoms with Crippen LogP contribution in [0.4, 0.5) is 5.69 Å². The first kappa shape index (κ1) is 7.13. The summed E-state index contributed by atoms with van der Waals surface area (Å²) in [5, 5.41) is 0. The van der Waals surface area contributed by atoms with E-state index in [4.69, 9.17) is 0 Å². The molecule has 0 radical (unpaired) electrons. The summed E-state index contributed by atoms with van der Waals surface area (Å²) >= 11 is 3.42. The van der Waals surface area contributed by atoms with E-state index < -0.39 is 0 Å². The molecule has 0 aliphatic carbocycles. The molecule has 0 amide bonds. The van der Waals surface area contributed by atoms with Crippen LogP contribution in [0, 0.1) is 0 Å². The summed E-state index contributed by atoms with van der Waals surface area (Å²) in [5.74, 6) is 0. The van der Waals surface area contributed by atoms with Gasteiger partial charge in [-0.3, -0.25) is 0 Å². The van der Waals surface area contributed by atoms with Crippen molar-refractivity contribution in [2.75, 3.05) is 12.0 Å². The molecule has 11 heavy (non-hydrogen) atoms. The number of anilines is 1. The minimum atomic E-state index is 1.01. The lowest BCUT2D eigenvalue weighted by Crippen LogP contribution is -2.29. The third-order valence-corrected chi connectivity index (χ3v) is 2.31. The van der Waals surface area contributed by atoms with Crippen molar-refractivity contribution in [3.05, 3.63) is 28.2 Å². The molecule has 0 saturated carbocycles. The number of rotatable bonds is 0. The van der Waals surface area contributed by atoms with Gasteiger partial charge in [0, 0.05) is 11.0 Å². The Labute approximate surface area is 74.1 Å². The van der Waals surface area contributed by atoms with E-state index in [0.29, 0.717) is 0 Å². The molecule has 1 aromatic carbocycles. The maximum absolute atomic E-state index is 3.42. The SMILES string of the molecule is Brc1ccc2c(c1)NNCC2. The molecule has 1 aromatic rings. The van der Waals surface area contributed by atoms with Crippen LogP contribution in [0.2, 0.25) is 0 Å². The van der Waals surface area contributed by atoms with Crippen molar-refractivity contribution in [2.45, 2.75) is 6.42 Å². The second kappa shape index (κ2) is 2.83. The molecular formula is C8H9BrN2. The molecule has 0 spiro atoms. The van der Waals surface area contributed by atoms with Crippen LogP contribution in [-0.2, 0) is 6.42 Å². The first-order valence-corrected chi connectivity index (χ1v) is 4.43. The number of fused-ring (bicyclic) bond motifs is 1. The van der Waals surface area contributed by atoms with Gasteiger partial charge in [0.15, 0.2) is 0 Å². The Balaban J connectivity index is 2.43. The van der Waals surface area contributed by atoms with E-state index in [1.54, 1.807) is 0 Å². The van der Waals surface area contributed by atoms with Gasteiger partial charge >= 0.3 is 0 Å². The van der Waals surface area contributed by atoms with E-state index in [1.165, 1.54) is 11.3 Å². The number of hydrazine groups is 1. The first-order valence-electron chi connectivity index (χ1n) is 3.63. The van der Waals surface area contributed by atoms with Crippen LogP contribution in [0.15, 0.2) is 22.7 Å². The average Bonchev–Trinajstić information content (AvgIpc) is 2.04. The van der Waals surface area contributed by atoms with E-state index in [9.17, 15) is 0 Å². The molecule has 2 rings (SSSR count). The van der Waals surface area contributed by atoms with E-state index in [0.717, 1.165) is 17.4 Å². The van der Waals surface area contributed by atoms with Crippen molar-refractivity contribution in [1.29, 1.82) is 0 Å². The van der Waals surface area contributed by atoms with Crippen LogP contribution in [0.3, 0.4) is 0 Å². The molecular weight excluding hydrogens is 204 g/mol. The molecule has 0 saturated heterocycles. The number of halogens is 1. The van der Waals surface area contributed by atoms with Gasteiger partial charge in [-0.25, -0.2) is 5.43 Å². The van der Waals surface area contributed by atoms with Crippen molar-refractivity contribution in [3.63, 3.8) is 0 Å². The van der Waals surface area contributed by atoms with Crippen LogP contribution in [-0.4, -0.2) is 6.54 Å². The van der Waals surface area contributed by atoms with Gasteiger partial charge in [0.2, 0.25) is 0 Å². The fraction of sp³-hybridized carbons (Fsp3) is 0.250. The predicted octanol–water partition coefficient (Wildman–Crippen LogP) is 1.92. The number of benzene rings is 1. The minimum Gasteiger partial charge on any atom is -0.321 e. The van der Waals surface area contributed by atoms with Gasteiger partial charge in [0.05, 0.1) is 5.69 Å². The fourth-order valence-electron chi connectivity index (χ4n) is 1.24. The molecule has 58 valence electrons. The number of hydrogen-bond acceptors (Lipinski definition) is 2. The monoisotopic (exact) mass is 212 g/mol. The lowest BCUT2D eigenvalue weighted by atomic mass is 10.1. The van der Waals surface area contributed by atoms with Crippen LogP contribution in [0.1, 0.15) is 5.56 Å². The van der Waals surface area contributed by atoms with Crippen molar-refractivity contribution in [3.8, 4) is 0 Å². The highest BCUT2D eigenvalue weighted by Gasteiger charge is 2.06. The minimum absolute atomic E-state index is 1.01. The summed E-state index contributed by atoms with van der Waals surface area (Å²) in [7, 11) is 0. The third-order valence-electron chi connectivity index (χ3n) is 1.81. The van der Waals surface area contributed by atoms with Gasteiger partial charge in [0.25, 0.3) is 0 Å². The fourth-order valence-corrected chi connectivity index (χ4v) is 1.60. The molecule has 0 fully saturated rings. The Bertz CT molecular complexity index is 273. The van der Waals surface area contributed by atoms with E-state index in [2.05, 4.69) is 45.0 Å². The molecule has 0 aromatic heterocycles. The molecule has 3 heteroatoms. The smallest absolute Gasteiger partial charge is 0.0531 e. The Morgan fingerprint density at radius 2 is 2.27 bits per heavy atom. The van der Waals surface area contributed by atoms with Crippen molar-refractivity contribution >= 4 is 21.6 Å². The highest BCUT2D eigenvalue weighted by Crippen LogP contribution is 2.22. The molecule has 1 heterocycles. The zero-order chi connectivity index (χ0) is 7.68. The standard InChI is InChI=1S/C8H9BrN2/c9-7-2-1-6-3-4-10-11-8(6)5-7/h1-2,5,10-11H,3-4H2. The molecule has 2 nitrogen and oxygen atoms in total. The van der Waals surface area contributed by atoms with Gasteiger partial charge in [0.1, 0.15) is 0 Å². The first-order chi connectivity index (χ1) is 5.36. The summed E-state index contributed by atoms with van der Waals surface area (Å²) in [5.41, 5.74) is 8.79. The van der Waals surface area contributed by atoms with Gasteiger partial charge in [-0.1, -0.05) is 22.0 Å². The molecule has 1 aliphatic rings. The van der Waals surface area contributed by atoms with E-state index in [1.807, 2.05) is 0 Å². The Hall–Kier alpha value is -0.540. The highest BCUT2D eigenvalue weighted by atomic mass is 79.9. The van der Waals surface area contributed by atoms with Gasteiger partial charge in [-0.2, -0.15) is 0 Å². The summed E-state index contributed by atoms with van der Waals surface area (Å²) in [4.78, 5) is 0. The van der Waals surface area contributed by atoms with E-state index >= 15 is 0 Å². The van der Waals surface area contributed by atoms with Crippen LogP contribution in [0.25, 0.3) is 0 Å². The lowest BCUT2D eigenvalue weighted by molar-refractivity contribution is 0.747. The summed E-state index contributed by atoms with van der Waals surface area (Å²) < 4.78 is 1.12. The quantitative estimate of drug-likeness (QED) is 0.687. The molecule has 0 unspecified atom stereocenters. The topological polar surface area (TPSA) is 24.1 Å². The molecule has 1 aliphatic heterocycles. The molecule has 0 bridgehead atoms. The Morgan fingerprint density at radius 1 is 1.36 bits per heavy atom. The second-order valence-electron chi connectivity index (χ2n) is 2.60. The molecule has 0 atom stereocenters. The maximum atomic E-state index is 3.42. The van der Waals surface area contributed by atoms with Crippen LogP contribution in [0.5, 0.6) is 0 Å². The van der Waals surface area contributed by atoms with Crippen molar-refractivity contribution < 1.29 is 0 Å². The lowest BCUT2D eigenvalue weighted by Gasteiger charge is -2.18. The molecule has 2 N–H and O–H groups in total. The zero-order valence-electron chi connectivity index (χ0n) is 6.02. The summed E-state index contributed by atoms with van der Waals surface area (Å²) in [6, 6.07) is 6.31. The van der Waals surface area contributed by atoms with Gasteiger partial charge in [-0.15, -0.1) is 0 Å². The maximum Gasteiger partial charge on any atom is 0.0531 e. The van der Waals surface area contributed by atoms with Crippen LogP contribution < -0.4 is 10.9 Å². The summed E-state index contributed by atoms with van der Waals surface area (Å²) in [6.45, 7) is 1.01. The third kappa shape index (κ3) is 1.39. The van der Waals surface area contributed by atoms with Gasteiger partial charge < -0.3 is 5.43 Å². The number of nitrogens with one attached hydrogen (secondary N) is 2. The Kier molecular flexibility index (Phi) is 1.84. The largest absolute Gasteiger partial charge is 0.321 e. The van der Waals surface area contributed by atoms with Crippen molar-refractivity contribution in [1.82, 2.24) is 5.43 Å². The Morgan fingerprint density at radius 3 is 3.18 bits per heavy atom. The zero-order valence-corrected chi connectivity index (χ0v) is 7.61. The van der Waals surface area contributed by atoms with Gasteiger partial charge in [-0.05, 0) is 24.1 Å². The van der Waals surface area contributed by atoms with Crippen molar-refractivity contribution in [2.24, 2.45) is 0 Å². The predicted molar refractivity (Wildman–Crippen MR) is 49.5 cm³/mol. The normalized spacial score (nSPS) is 15.4. The van der Waals surface area contributed by atoms with Crippen LogP contribution >= 0.6 is 15.9 Å². The average molecular weight is 213 g/mol. The number of hydrogen-bond donors (Lipinski definition) is 2. The van der Waals surface area contributed by atoms with E-state index in [-0.39, 0.29) is 0 Å². The second-order valence-corrected chi connectivity index (χ2v) is 3.52. The highest BCUT2D eigenvalue weighted by molar-refractivity contribution is 9.10.